The molecule has 1 aromatic heterocycles. The van der Waals surface area contributed by atoms with Crippen LogP contribution in [0.3, 0.4) is 0 Å². The van der Waals surface area contributed by atoms with E-state index in [2.05, 4.69) is 34.1 Å². The Labute approximate surface area is 157 Å². The fourth-order valence-electron chi connectivity index (χ4n) is 2.19. The summed E-state index contributed by atoms with van der Waals surface area (Å²) in [6.45, 7) is 0.605. The molecule has 0 radical (unpaired) electrons. The summed E-state index contributed by atoms with van der Waals surface area (Å²) in [5.74, 6) is 10.0. The van der Waals surface area contributed by atoms with Gasteiger partial charge in [0.15, 0.2) is 5.78 Å². The van der Waals surface area contributed by atoms with Crippen LogP contribution in [-0.4, -0.2) is 50.4 Å². The number of amides is 1. The Balaban J connectivity index is 2.04. The van der Waals surface area contributed by atoms with Gasteiger partial charge in [-0.2, -0.15) is 5.10 Å². The zero-order valence-electron chi connectivity index (χ0n) is 14.9. The van der Waals surface area contributed by atoms with Gasteiger partial charge in [0.1, 0.15) is 18.3 Å². The summed E-state index contributed by atoms with van der Waals surface area (Å²) in [6, 6.07) is 7.03. The number of nitrogens with zero attached hydrogens (tertiary/aromatic N) is 2. The number of aromatic nitrogens is 2. The predicted molar refractivity (Wildman–Crippen MR) is 98.4 cm³/mol. The lowest BCUT2D eigenvalue weighted by Gasteiger charge is -2.19. The van der Waals surface area contributed by atoms with Gasteiger partial charge >= 0.3 is 0 Å². The molecule has 3 N–H and O–H groups in total. The smallest absolute Gasteiger partial charge is 0.251 e. The van der Waals surface area contributed by atoms with E-state index in [4.69, 9.17) is 5.11 Å². The molecule has 0 aliphatic heterocycles. The fraction of sp³-hybridized carbons (Fsp3) is 0.250. The molecular formula is C20H19N3O4. The highest BCUT2D eigenvalue weighted by atomic mass is 16.3. The number of benzene rings is 1. The minimum atomic E-state index is -1.16. The predicted octanol–water partition coefficient (Wildman–Crippen LogP) is -0.136. The SMILES string of the molecule is C[C@@H](O)[C@H](NC(=O)c1ccc(C#CC#Cc2ccnn2C)cc1)C(=O)CO. The third-order valence-electron chi connectivity index (χ3n) is 3.70. The van der Waals surface area contributed by atoms with E-state index in [1.807, 2.05) is 0 Å². The fourth-order valence-corrected chi connectivity index (χ4v) is 2.19. The highest BCUT2D eigenvalue weighted by Crippen LogP contribution is 2.05. The molecule has 7 heteroatoms. The van der Waals surface area contributed by atoms with Crippen LogP contribution in [0.2, 0.25) is 0 Å². The largest absolute Gasteiger partial charge is 0.391 e. The molecule has 0 bridgehead atoms. The lowest BCUT2D eigenvalue weighted by molar-refractivity contribution is -0.125. The lowest BCUT2D eigenvalue weighted by atomic mass is 10.1. The maximum Gasteiger partial charge on any atom is 0.251 e. The van der Waals surface area contributed by atoms with Crippen LogP contribution < -0.4 is 5.32 Å². The van der Waals surface area contributed by atoms with Crippen molar-refractivity contribution < 1.29 is 19.8 Å². The van der Waals surface area contributed by atoms with Crippen molar-refractivity contribution in [2.24, 2.45) is 7.05 Å². The maximum atomic E-state index is 12.2. The molecule has 0 saturated heterocycles. The maximum absolute atomic E-state index is 12.2. The summed E-state index contributed by atoms with van der Waals surface area (Å²) in [6.07, 6.45) is 0.536. The molecule has 7 nitrogen and oxygen atoms in total. The highest BCUT2D eigenvalue weighted by molar-refractivity contribution is 5.98. The zero-order valence-corrected chi connectivity index (χ0v) is 14.9. The number of carbonyl (C=O) groups excluding carboxylic acids is 2. The van der Waals surface area contributed by atoms with Crippen LogP contribution >= 0.6 is 0 Å². The van der Waals surface area contributed by atoms with E-state index >= 15 is 0 Å². The van der Waals surface area contributed by atoms with Crippen molar-refractivity contribution >= 4 is 11.7 Å². The van der Waals surface area contributed by atoms with Gasteiger partial charge in [0.25, 0.3) is 5.91 Å². The first-order valence-corrected chi connectivity index (χ1v) is 8.15. The van der Waals surface area contributed by atoms with E-state index in [0.29, 0.717) is 11.1 Å². The average molecular weight is 365 g/mol. The van der Waals surface area contributed by atoms with Gasteiger partial charge in [-0.05, 0) is 55.0 Å². The van der Waals surface area contributed by atoms with Crippen LogP contribution in [0, 0.1) is 23.7 Å². The van der Waals surface area contributed by atoms with Gasteiger partial charge in [0.2, 0.25) is 0 Å². The third-order valence-corrected chi connectivity index (χ3v) is 3.70. The van der Waals surface area contributed by atoms with Crippen molar-refractivity contribution in [3.63, 3.8) is 0 Å². The normalized spacial score (nSPS) is 12.0. The molecule has 2 aromatic rings. The van der Waals surface area contributed by atoms with Crippen LogP contribution in [0.5, 0.6) is 0 Å². The number of aliphatic hydroxyl groups excluding tert-OH is 2. The van der Waals surface area contributed by atoms with Crippen molar-refractivity contribution in [1.29, 1.82) is 0 Å². The van der Waals surface area contributed by atoms with E-state index in [1.165, 1.54) is 6.92 Å². The van der Waals surface area contributed by atoms with Gasteiger partial charge in [-0.1, -0.05) is 5.92 Å². The molecule has 138 valence electrons. The molecule has 2 rings (SSSR count). The number of aliphatic hydroxyl groups is 2. The van der Waals surface area contributed by atoms with Crippen molar-refractivity contribution in [2.75, 3.05) is 6.61 Å². The van der Waals surface area contributed by atoms with Crippen LogP contribution in [0.25, 0.3) is 0 Å². The minimum absolute atomic E-state index is 0.304. The number of carbonyl (C=O) groups is 2. The van der Waals surface area contributed by atoms with Crippen molar-refractivity contribution in [3.8, 4) is 23.7 Å². The van der Waals surface area contributed by atoms with Gasteiger partial charge in [0.05, 0.1) is 12.3 Å². The Kier molecular flexibility index (Phi) is 6.90. The quantitative estimate of drug-likeness (QED) is 0.640. The standard InChI is InChI=1S/C20H19N3O4/c1-14(25)19(18(26)13-24)22-20(27)16-9-7-15(8-10-16)5-3-4-6-17-11-12-21-23(17)2/h7-12,14,19,24-25H,13H2,1-2H3,(H,22,27)/t14-,19+/m1/s1. The molecule has 0 aliphatic rings. The Bertz CT molecular complexity index is 937. The zero-order chi connectivity index (χ0) is 19.8. The number of aryl methyl sites for hydroxylation is 1. The molecular weight excluding hydrogens is 346 g/mol. The van der Waals surface area contributed by atoms with Crippen molar-refractivity contribution in [1.82, 2.24) is 15.1 Å². The summed E-state index contributed by atoms with van der Waals surface area (Å²) in [5.41, 5.74) is 1.73. The Hall–Kier alpha value is -3.39. The van der Waals surface area contributed by atoms with E-state index in [-0.39, 0.29) is 0 Å². The van der Waals surface area contributed by atoms with E-state index < -0.39 is 30.4 Å². The number of hydrogen-bond donors (Lipinski definition) is 3. The summed E-state index contributed by atoms with van der Waals surface area (Å²) >= 11 is 0. The summed E-state index contributed by atoms with van der Waals surface area (Å²) < 4.78 is 1.64. The number of ketones is 1. The molecule has 0 spiro atoms. The van der Waals surface area contributed by atoms with Crippen LogP contribution in [0.4, 0.5) is 0 Å². The first kappa shape index (κ1) is 19.9. The summed E-state index contributed by atoms with van der Waals surface area (Å²) in [7, 11) is 1.79. The Morgan fingerprint density at radius 3 is 2.41 bits per heavy atom. The minimum Gasteiger partial charge on any atom is -0.391 e. The summed E-state index contributed by atoms with van der Waals surface area (Å²) in [5, 5.41) is 24.9. The van der Waals surface area contributed by atoms with Crippen LogP contribution in [0.15, 0.2) is 36.5 Å². The van der Waals surface area contributed by atoms with Gasteiger partial charge in [-0.25, -0.2) is 0 Å². The topological polar surface area (TPSA) is 104 Å². The second kappa shape index (κ2) is 9.35. The molecule has 0 unspecified atom stereocenters. The van der Waals surface area contributed by atoms with E-state index in [0.717, 1.165) is 5.69 Å². The average Bonchev–Trinajstić information content (AvgIpc) is 3.07. The number of rotatable bonds is 5. The van der Waals surface area contributed by atoms with Crippen LogP contribution in [-0.2, 0) is 11.8 Å². The number of nitrogens with one attached hydrogen (secondary N) is 1. The molecule has 1 aromatic carbocycles. The molecule has 27 heavy (non-hydrogen) atoms. The van der Waals surface area contributed by atoms with Crippen molar-refractivity contribution in [2.45, 2.75) is 19.1 Å². The number of Topliss-reactive ketones (excluding diaryl/α,β-unsaturated/α-hetero) is 1. The number of hydrogen-bond acceptors (Lipinski definition) is 5. The molecule has 0 saturated carbocycles. The van der Waals surface area contributed by atoms with Gasteiger partial charge in [-0.3, -0.25) is 14.3 Å². The molecule has 1 amide bonds. The monoisotopic (exact) mass is 365 g/mol. The molecule has 0 aliphatic carbocycles. The molecule has 2 atom stereocenters. The second-order valence-corrected chi connectivity index (χ2v) is 5.73. The lowest BCUT2D eigenvalue weighted by Crippen LogP contribution is -2.48. The van der Waals surface area contributed by atoms with E-state index in [9.17, 15) is 14.7 Å². The third kappa shape index (κ3) is 5.55. The van der Waals surface area contributed by atoms with Gasteiger partial charge in [0, 0.05) is 18.2 Å². The first-order valence-electron chi connectivity index (χ1n) is 8.15. The Morgan fingerprint density at radius 1 is 1.19 bits per heavy atom. The Morgan fingerprint density at radius 2 is 1.85 bits per heavy atom. The second-order valence-electron chi connectivity index (χ2n) is 5.73. The molecule has 0 fully saturated rings. The van der Waals surface area contributed by atoms with Gasteiger partial charge < -0.3 is 15.5 Å². The first-order chi connectivity index (χ1) is 12.9. The van der Waals surface area contributed by atoms with Crippen molar-refractivity contribution in [3.05, 3.63) is 53.3 Å². The van der Waals surface area contributed by atoms with Crippen LogP contribution in [0.1, 0.15) is 28.5 Å². The highest BCUT2D eigenvalue weighted by Gasteiger charge is 2.25. The van der Waals surface area contributed by atoms with E-state index in [1.54, 1.807) is 48.3 Å². The van der Waals surface area contributed by atoms with Gasteiger partial charge in [-0.15, -0.1) is 0 Å². The molecule has 1 heterocycles. The summed E-state index contributed by atoms with van der Waals surface area (Å²) in [4.78, 5) is 23.8.